The second-order valence-corrected chi connectivity index (χ2v) is 7.82. The molecule has 1 N–H and O–H groups in total. The summed E-state index contributed by atoms with van der Waals surface area (Å²) in [5, 5.41) is 5.58. The molecule has 0 spiro atoms. The Morgan fingerprint density at radius 2 is 1.73 bits per heavy atom. The molecule has 0 unspecified atom stereocenters. The second kappa shape index (κ2) is 9.18. The minimum atomic E-state index is -0.0262. The molecule has 1 heterocycles. The van der Waals surface area contributed by atoms with Crippen molar-refractivity contribution in [2.75, 3.05) is 44.7 Å². The Hall–Kier alpha value is -3.05. The molecule has 0 radical (unpaired) electrons. The van der Waals surface area contributed by atoms with Gasteiger partial charge in [-0.1, -0.05) is 48.5 Å². The molecule has 1 fully saturated rings. The lowest BCUT2D eigenvalue weighted by molar-refractivity contribution is -0.123. The molecule has 5 heteroatoms. The highest BCUT2D eigenvalue weighted by atomic mass is 16.5. The Kier molecular flexibility index (Phi) is 6.19. The Morgan fingerprint density at radius 3 is 2.53 bits per heavy atom. The molecule has 30 heavy (non-hydrogen) atoms. The van der Waals surface area contributed by atoms with Crippen LogP contribution in [0.25, 0.3) is 10.8 Å². The third-order valence-electron chi connectivity index (χ3n) is 5.83. The standard InChI is InChI=1S/C25H29N3O2/c1-19(23-12-5-8-20-7-3-4-11-24(20)23)26-25(29)18-27-13-15-28(16-14-27)21-9-6-10-22(17-21)30-2/h3-12,17,19H,13-16,18H2,1-2H3,(H,26,29)/t19-/m1/s1. The van der Waals surface area contributed by atoms with E-state index in [4.69, 9.17) is 4.74 Å². The van der Waals surface area contributed by atoms with Crippen molar-refractivity contribution < 1.29 is 9.53 Å². The third-order valence-corrected chi connectivity index (χ3v) is 5.83. The monoisotopic (exact) mass is 403 g/mol. The number of anilines is 1. The zero-order valence-corrected chi connectivity index (χ0v) is 17.7. The van der Waals surface area contributed by atoms with E-state index in [-0.39, 0.29) is 11.9 Å². The van der Waals surface area contributed by atoms with Crippen LogP contribution >= 0.6 is 0 Å². The Bertz CT molecular complexity index is 1010. The van der Waals surface area contributed by atoms with Gasteiger partial charge in [-0.3, -0.25) is 9.69 Å². The van der Waals surface area contributed by atoms with E-state index >= 15 is 0 Å². The number of carbonyl (C=O) groups is 1. The number of methoxy groups -OCH3 is 1. The van der Waals surface area contributed by atoms with Gasteiger partial charge in [-0.05, 0) is 35.4 Å². The van der Waals surface area contributed by atoms with Crippen LogP contribution in [0.1, 0.15) is 18.5 Å². The molecule has 4 rings (SSSR count). The molecule has 0 bridgehead atoms. The summed E-state index contributed by atoms with van der Waals surface area (Å²) in [6.45, 7) is 6.03. The quantitative estimate of drug-likeness (QED) is 0.679. The zero-order chi connectivity index (χ0) is 20.9. The van der Waals surface area contributed by atoms with Crippen molar-refractivity contribution in [3.8, 4) is 5.75 Å². The van der Waals surface area contributed by atoms with E-state index in [1.807, 2.05) is 24.3 Å². The predicted molar refractivity (Wildman–Crippen MR) is 122 cm³/mol. The van der Waals surface area contributed by atoms with Crippen LogP contribution in [0, 0.1) is 0 Å². The van der Waals surface area contributed by atoms with Crippen LogP contribution in [-0.2, 0) is 4.79 Å². The molecular formula is C25H29N3O2. The van der Waals surface area contributed by atoms with Gasteiger partial charge in [0.15, 0.2) is 0 Å². The average molecular weight is 404 g/mol. The van der Waals surface area contributed by atoms with Crippen molar-refractivity contribution in [3.63, 3.8) is 0 Å². The summed E-state index contributed by atoms with van der Waals surface area (Å²) in [7, 11) is 1.69. The number of piperazine rings is 1. The van der Waals surface area contributed by atoms with E-state index in [0.717, 1.165) is 37.5 Å². The fraction of sp³-hybridized carbons (Fsp3) is 0.320. The molecule has 1 aliphatic heterocycles. The zero-order valence-electron chi connectivity index (χ0n) is 17.7. The number of ether oxygens (including phenoxy) is 1. The molecule has 3 aromatic rings. The van der Waals surface area contributed by atoms with Gasteiger partial charge in [0.05, 0.1) is 19.7 Å². The van der Waals surface area contributed by atoms with Gasteiger partial charge in [0.25, 0.3) is 0 Å². The maximum absolute atomic E-state index is 12.7. The molecule has 3 aromatic carbocycles. The molecule has 156 valence electrons. The van der Waals surface area contributed by atoms with Crippen LogP contribution in [0.5, 0.6) is 5.75 Å². The van der Waals surface area contributed by atoms with Crippen LogP contribution in [0.4, 0.5) is 5.69 Å². The minimum absolute atomic E-state index is 0.0262. The van der Waals surface area contributed by atoms with E-state index < -0.39 is 0 Å². The third kappa shape index (κ3) is 4.57. The largest absolute Gasteiger partial charge is 0.497 e. The Labute approximate surface area is 178 Å². The van der Waals surface area contributed by atoms with E-state index in [1.165, 1.54) is 16.5 Å². The van der Waals surface area contributed by atoms with Crippen molar-refractivity contribution in [2.24, 2.45) is 0 Å². The topological polar surface area (TPSA) is 44.8 Å². The number of fused-ring (bicyclic) bond motifs is 1. The Balaban J connectivity index is 1.31. The number of amides is 1. The van der Waals surface area contributed by atoms with Gasteiger partial charge in [0.2, 0.25) is 5.91 Å². The summed E-state index contributed by atoms with van der Waals surface area (Å²) in [6.07, 6.45) is 0. The van der Waals surface area contributed by atoms with Crippen molar-refractivity contribution in [1.82, 2.24) is 10.2 Å². The van der Waals surface area contributed by atoms with Crippen LogP contribution < -0.4 is 15.0 Å². The number of carbonyl (C=O) groups excluding carboxylic acids is 1. The lowest BCUT2D eigenvalue weighted by atomic mass is 10.00. The van der Waals surface area contributed by atoms with Gasteiger partial charge in [0.1, 0.15) is 5.75 Å². The van der Waals surface area contributed by atoms with Crippen LogP contribution in [0.15, 0.2) is 66.7 Å². The maximum atomic E-state index is 12.7. The van der Waals surface area contributed by atoms with Crippen molar-refractivity contribution in [2.45, 2.75) is 13.0 Å². The van der Waals surface area contributed by atoms with Gasteiger partial charge >= 0.3 is 0 Å². The summed E-state index contributed by atoms with van der Waals surface area (Å²) >= 11 is 0. The molecule has 1 amide bonds. The highest BCUT2D eigenvalue weighted by molar-refractivity contribution is 5.87. The Morgan fingerprint density at radius 1 is 1.00 bits per heavy atom. The summed E-state index contributed by atoms with van der Waals surface area (Å²) in [4.78, 5) is 17.3. The highest BCUT2D eigenvalue weighted by Gasteiger charge is 2.20. The molecule has 0 aliphatic carbocycles. The van der Waals surface area contributed by atoms with Crippen molar-refractivity contribution >= 4 is 22.4 Å². The van der Waals surface area contributed by atoms with Gasteiger partial charge < -0.3 is 15.0 Å². The van der Waals surface area contributed by atoms with Crippen molar-refractivity contribution in [1.29, 1.82) is 0 Å². The molecular weight excluding hydrogens is 374 g/mol. The number of nitrogens with one attached hydrogen (secondary N) is 1. The van der Waals surface area contributed by atoms with E-state index in [9.17, 15) is 4.79 Å². The first-order chi connectivity index (χ1) is 14.6. The fourth-order valence-electron chi connectivity index (χ4n) is 4.17. The lowest BCUT2D eigenvalue weighted by Gasteiger charge is -2.36. The van der Waals surface area contributed by atoms with Crippen LogP contribution in [0.3, 0.4) is 0 Å². The normalized spacial score (nSPS) is 15.7. The van der Waals surface area contributed by atoms with Gasteiger partial charge in [0, 0.05) is 37.9 Å². The van der Waals surface area contributed by atoms with E-state index in [2.05, 4.69) is 64.5 Å². The number of rotatable bonds is 6. The first-order valence-corrected chi connectivity index (χ1v) is 10.5. The maximum Gasteiger partial charge on any atom is 0.234 e. The first kappa shape index (κ1) is 20.2. The van der Waals surface area contributed by atoms with Gasteiger partial charge in [-0.15, -0.1) is 0 Å². The lowest BCUT2D eigenvalue weighted by Crippen LogP contribution is -2.49. The van der Waals surface area contributed by atoms with Crippen LogP contribution in [-0.4, -0.2) is 50.6 Å². The summed E-state index contributed by atoms with van der Waals surface area (Å²) in [5.41, 5.74) is 2.33. The molecule has 0 aromatic heterocycles. The summed E-state index contributed by atoms with van der Waals surface area (Å²) in [6, 6.07) is 22.7. The smallest absolute Gasteiger partial charge is 0.234 e. The van der Waals surface area contributed by atoms with E-state index in [0.29, 0.717) is 6.54 Å². The number of hydrogen-bond donors (Lipinski definition) is 1. The SMILES string of the molecule is COc1cccc(N2CCN(CC(=O)N[C@H](C)c3cccc4ccccc34)CC2)c1. The second-order valence-electron chi connectivity index (χ2n) is 7.82. The number of benzene rings is 3. The van der Waals surface area contributed by atoms with Gasteiger partial charge in [-0.25, -0.2) is 0 Å². The molecule has 1 aliphatic rings. The predicted octanol–water partition coefficient (Wildman–Crippen LogP) is 3.85. The molecule has 1 saturated heterocycles. The number of hydrogen-bond acceptors (Lipinski definition) is 4. The molecule has 5 nitrogen and oxygen atoms in total. The first-order valence-electron chi connectivity index (χ1n) is 10.5. The highest BCUT2D eigenvalue weighted by Crippen LogP contribution is 2.24. The minimum Gasteiger partial charge on any atom is -0.497 e. The molecule has 0 saturated carbocycles. The summed E-state index contributed by atoms with van der Waals surface area (Å²) < 4.78 is 5.33. The average Bonchev–Trinajstić information content (AvgIpc) is 2.79. The number of nitrogens with zero attached hydrogens (tertiary/aromatic N) is 2. The van der Waals surface area contributed by atoms with E-state index in [1.54, 1.807) is 7.11 Å². The van der Waals surface area contributed by atoms with Gasteiger partial charge in [-0.2, -0.15) is 0 Å². The molecule has 1 atom stereocenters. The van der Waals surface area contributed by atoms with Crippen LogP contribution in [0.2, 0.25) is 0 Å². The van der Waals surface area contributed by atoms with Crippen molar-refractivity contribution in [3.05, 3.63) is 72.3 Å². The fourth-order valence-corrected chi connectivity index (χ4v) is 4.17. The summed E-state index contributed by atoms with van der Waals surface area (Å²) in [5.74, 6) is 0.946.